The lowest BCUT2D eigenvalue weighted by Crippen LogP contribution is -2.29. The Morgan fingerprint density at radius 1 is 1.47 bits per heavy atom. The maximum atomic E-state index is 11.8. The standard InChI is InChI=1S/C14H20O2S/c1-2-11-6-3-4-7-13(11)16-10-12(15)14-8-5-9-17-14/h5,8-9,11,13H,2-4,6-7,10H2,1H3. The van der Waals surface area contributed by atoms with E-state index >= 15 is 0 Å². The van der Waals surface area contributed by atoms with Gasteiger partial charge in [0.1, 0.15) is 6.61 Å². The van der Waals surface area contributed by atoms with E-state index in [4.69, 9.17) is 4.74 Å². The molecule has 1 aliphatic rings. The second-order valence-electron chi connectivity index (χ2n) is 4.70. The minimum absolute atomic E-state index is 0.125. The molecule has 0 N–H and O–H groups in total. The molecule has 94 valence electrons. The van der Waals surface area contributed by atoms with Gasteiger partial charge >= 0.3 is 0 Å². The second-order valence-corrected chi connectivity index (χ2v) is 5.65. The highest BCUT2D eigenvalue weighted by Crippen LogP contribution is 2.29. The Kier molecular flexibility index (Phi) is 4.75. The SMILES string of the molecule is CCC1CCCCC1OCC(=O)c1cccs1. The zero-order valence-electron chi connectivity index (χ0n) is 10.4. The van der Waals surface area contributed by atoms with E-state index in [0.717, 1.165) is 17.7 Å². The number of rotatable bonds is 5. The second kappa shape index (κ2) is 6.31. The molecule has 1 aromatic heterocycles. The minimum atomic E-state index is 0.125. The average molecular weight is 252 g/mol. The van der Waals surface area contributed by atoms with Gasteiger partial charge < -0.3 is 4.74 Å². The van der Waals surface area contributed by atoms with Crippen molar-refractivity contribution in [2.45, 2.75) is 45.1 Å². The van der Waals surface area contributed by atoms with Crippen molar-refractivity contribution in [1.29, 1.82) is 0 Å². The lowest BCUT2D eigenvalue weighted by molar-refractivity contribution is -0.00556. The Morgan fingerprint density at radius 2 is 2.29 bits per heavy atom. The normalized spacial score (nSPS) is 24.8. The van der Waals surface area contributed by atoms with Crippen LogP contribution in [0.25, 0.3) is 0 Å². The zero-order chi connectivity index (χ0) is 12.1. The first kappa shape index (κ1) is 12.8. The van der Waals surface area contributed by atoms with Crippen LogP contribution in [-0.2, 0) is 4.74 Å². The molecule has 2 rings (SSSR count). The summed E-state index contributed by atoms with van der Waals surface area (Å²) in [5, 5.41) is 1.93. The van der Waals surface area contributed by atoms with Gasteiger partial charge in [0.05, 0.1) is 11.0 Å². The van der Waals surface area contributed by atoms with Gasteiger partial charge in [0.25, 0.3) is 0 Å². The van der Waals surface area contributed by atoms with Crippen LogP contribution >= 0.6 is 11.3 Å². The molecular weight excluding hydrogens is 232 g/mol. The molecular formula is C14H20O2S. The number of carbonyl (C=O) groups excluding carboxylic acids is 1. The fourth-order valence-corrected chi connectivity index (χ4v) is 3.20. The molecule has 17 heavy (non-hydrogen) atoms. The first-order chi connectivity index (χ1) is 8.31. The summed E-state index contributed by atoms with van der Waals surface area (Å²) in [5.74, 6) is 0.778. The van der Waals surface area contributed by atoms with E-state index in [1.807, 2.05) is 17.5 Å². The van der Waals surface area contributed by atoms with Crippen LogP contribution in [-0.4, -0.2) is 18.5 Å². The Morgan fingerprint density at radius 3 is 3.00 bits per heavy atom. The van der Waals surface area contributed by atoms with Crippen molar-refractivity contribution in [3.05, 3.63) is 22.4 Å². The molecule has 3 heteroatoms. The molecule has 0 aliphatic heterocycles. The van der Waals surface area contributed by atoms with Crippen molar-refractivity contribution in [2.24, 2.45) is 5.92 Å². The van der Waals surface area contributed by atoms with E-state index in [0.29, 0.717) is 12.0 Å². The predicted octanol–water partition coefficient (Wildman–Crippen LogP) is 3.92. The monoisotopic (exact) mass is 252 g/mol. The summed E-state index contributed by atoms with van der Waals surface area (Å²) in [7, 11) is 0. The van der Waals surface area contributed by atoms with Gasteiger partial charge in [-0.1, -0.05) is 32.3 Å². The van der Waals surface area contributed by atoms with Gasteiger partial charge in [-0.3, -0.25) is 4.79 Å². The summed E-state index contributed by atoms with van der Waals surface area (Å²) in [4.78, 5) is 12.6. The lowest BCUT2D eigenvalue weighted by atomic mass is 9.85. The van der Waals surface area contributed by atoms with Crippen LogP contribution in [0.3, 0.4) is 0 Å². The largest absolute Gasteiger partial charge is 0.370 e. The van der Waals surface area contributed by atoms with Crippen molar-refractivity contribution in [3.63, 3.8) is 0 Å². The third kappa shape index (κ3) is 3.39. The summed E-state index contributed by atoms with van der Waals surface area (Å²) in [6.07, 6.45) is 6.41. The van der Waals surface area contributed by atoms with Crippen molar-refractivity contribution in [2.75, 3.05) is 6.61 Å². The van der Waals surface area contributed by atoms with Crippen LogP contribution in [0.1, 0.15) is 48.7 Å². The molecule has 0 spiro atoms. The van der Waals surface area contributed by atoms with E-state index in [-0.39, 0.29) is 12.4 Å². The van der Waals surface area contributed by atoms with Gasteiger partial charge in [-0.15, -0.1) is 11.3 Å². The summed E-state index contributed by atoms with van der Waals surface area (Å²) < 4.78 is 5.83. The molecule has 1 aliphatic carbocycles. The first-order valence-electron chi connectivity index (χ1n) is 6.49. The Bertz CT molecular complexity index is 345. The molecule has 1 fully saturated rings. The van der Waals surface area contributed by atoms with Gasteiger partial charge in [-0.2, -0.15) is 0 Å². The number of carbonyl (C=O) groups is 1. The van der Waals surface area contributed by atoms with Crippen LogP contribution in [0.5, 0.6) is 0 Å². The van der Waals surface area contributed by atoms with Crippen LogP contribution in [0.4, 0.5) is 0 Å². The van der Waals surface area contributed by atoms with Gasteiger partial charge in [0, 0.05) is 0 Å². The molecule has 2 nitrogen and oxygen atoms in total. The van der Waals surface area contributed by atoms with Crippen molar-refractivity contribution < 1.29 is 9.53 Å². The molecule has 0 saturated heterocycles. The molecule has 0 aromatic carbocycles. The third-order valence-corrected chi connectivity index (χ3v) is 4.50. The summed E-state index contributed by atoms with van der Waals surface area (Å²) >= 11 is 1.49. The topological polar surface area (TPSA) is 26.3 Å². The molecule has 2 atom stereocenters. The maximum absolute atomic E-state index is 11.8. The number of hydrogen-bond acceptors (Lipinski definition) is 3. The van der Waals surface area contributed by atoms with Gasteiger partial charge in [-0.05, 0) is 30.2 Å². The molecule has 1 aromatic rings. The third-order valence-electron chi connectivity index (χ3n) is 3.59. The average Bonchev–Trinajstić information content (AvgIpc) is 2.90. The Labute approximate surface area is 107 Å². The van der Waals surface area contributed by atoms with Crippen LogP contribution in [0.2, 0.25) is 0 Å². The highest BCUT2D eigenvalue weighted by Gasteiger charge is 2.25. The van der Waals surface area contributed by atoms with Crippen LogP contribution in [0.15, 0.2) is 17.5 Å². The van der Waals surface area contributed by atoms with E-state index < -0.39 is 0 Å². The highest BCUT2D eigenvalue weighted by atomic mass is 32.1. The van der Waals surface area contributed by atoms with Crippen LogP contribution < -0.4 is 0 Å². The molecule has 0 bridgehead atoms. The molecule has 0 amide bonds. The number of Topliss-reactive ketones (excluding diaryl/α,β-unsaturated/α-hetero) is 1. The smallest absolute Gasteiger partial charge is 0.198 e. The predicted molar refractivity (Wildman–Crippen MR) is 70.6 cm³/mol. The summed E-state index contributed by atoms with van der Waals surface area (Å²) in [6, 6.07) is 3.78. The van der Waals surface area contributed by atoms with Crippen molar-refractivity contribution in [1.82, 2.24) is 0 Å². The van der Waals surface area contributed by atoms with Crippen LogP contribution in [0, 0.1) is 5.92 Å². The molecule has 1 heterocycles. The molecule has 2 unspecified atom stereocenters. The summed E-state index contributed by atoms with van der Waals surface area (Å²) in [5.41, 5.74) is 0. The molecule has 1 saturated carbocycles. The van der Waals surface area contributed by atoms with E-state index in [1.165, 1.54) is 30.6 Å². The summed E-state index contributed by atoms with van der Waals surface area (Å²) in [6.45, 7) is 2.47. The van der Waals surface area contributed by atoms with E-state index in [1.54, 1.807) is 0 Å². The first-order valence-corrected chi connectivity index (χ1v) is 7.37. The van der Waals surface area contributed by atoms with Crippen molar-refractivity contribution >= 4 is 17.1 Å². The van der Waals surface area contributed by atoms with Gasteiger partial charge in [0.2, 0.25) is 0 Å². The maximum Gasteiger partial charge on any atom is 0.198 e. The van der Waals surface area contributed by atoms with Crippen molar-refractivity contribution in [3.8, 4) is 0 Å². The van der Waals surface area contributed by atoms with E-state index in [2.05, 4.69) is 6.92 Å². The van der Waals surface area contributed by atoms with Gasteiger partial charge in [-0.25, -0.2) is 0 Å². The van der Waals surface area contributed by atoms with E-state index in [9.17, 15) is 4.79 Å². The molecule has 0 radical (unpaired) electrons. The highest BCUT2D eigenvalue weighted by molar-refractivity contribution is 7.12. The fourth-order valence-electron chi connectivity index (χ4n) is 2.55. The zero-order valence-corrected chi connectivity index (χ0v) is 11.2. The number of ketones is 1. The minimum Gasteiger partial charge on any atom is -0.370 e. The number of hydrogen-bond donors (Lipinski definition) is 0. The lowest BCUT2D eigenvalue weighted by Gasteiger charge is -2.30. The number of thiophene rings is 1. The Hall–Kier alpha value is -0.670. The fraction of sp³-hybridized carbons (Fsp3) is 0.643. The van der Waals surface area contributed by atoms with Gasteiger partial charge in [0.15, 0.2) is 5.78 Å². The quantitative estimate of drug-likeness (QED) is 0.742. The Balaban J connectivity index is 1.82. The number of ether oxygens (including phenoxy) is 1.